The predicted octanol–water partition coefficient (Wildman–Crippen LogP) is 2.53. The van der Waals surface area contributed by atoms with Gasteiger partial charge in [0.15, 0.2) is 0 Å². The molecule has 0 radical (unpaired) electrons. The van der Waals surface area contributed by atoms with Gasteiger partial charge in [-0.15, -0.1) is 10.2 Å². The highest BCUT2D eigenvalue weighted by atomic mass is 16.4. The molecule has 1 aromatic rings. The van der Waals surface area contributed by atoms with Gasteiger partial charge < -0.3 is 9.67 Å². The molecule has 0 saturated heterocycles. The molecular formula is C13H21N3O2. The van der Waals surface area contributed by atoms with Gasteiger partial charge in [-0.1, -0.05) is 19.8 Å². The third-order valence-corrected chi connectivity index (χ3v) is 4.02. The molecule has 100 valence electrons. The minimum absolute atomic E-state index is 0.365. The van der Waals surface area contributed by atoms with Crippen LogP contribution in [0.1, 0.15) is 63.1 Å². The lowest BCUT2D eigenvalue weighted by Crippen LogP contribution is -2.22. The maximum Gasteiger partial charge on any atom is 0.326 e. The van der Waals surface area contributed by atoms with Gasteiger partial charge in [-0.2, -0.15) is 0 Å². The molecule has 1 atom stereocenters. The zero-order chi connectivity index (χ0) is 13.3. The van der Waals surface area contributed by atoms with Crippen LogP contribution in [-0.2, 0) is 4.79 Å². The number of carboxylic acids is 1. The first kappa shape index (κ1) is 13.1. The normalized spacial score (nSPS) is 25.9. The Bertz CT molecular complexity index is 433. The highest BCUT2D eigenvalue weighted by Gasteiger charge is 2.28. The summed E-state index contributed by atoms with van der Waals surface area (Å²) in [4.78, 5) is 11.2. The van der Waals surface area contributed by atoms with E-state index >= 15 is 0 Å². The van der Waals surface area contributed by atoms with Gasteiger partial charge in [0.2, 0.25) is 0 Å². The van der Waals surface area contributed by atoms with Crippen molar-refractivity contribution in [3.63, 3.8) is 0 Å². The first-order valence-corrected chi connectivity index (χ1v) is 6.65. The molecule has 1 fully saturated rings. The molecule has 1 aliphatic carbocycles. The molecule has 1 saturated carbocycles. The maximum absolute atomic E-state index is 11.2. The van der Waals surface area contributed by atoms with Crippen LogP contribution in [0.25, 0.3) is 0 Å². The van der Waals surface area contributed by atoms with Gasteiger partial charge >= 0.3 is 5.97 Å². The Morgan fingerprint density at radius 2 is 1.94 bits per heavy atom. The van der Waals surface area contributed by atoms with Gasteiger partial charge in [-0.25, -0.2) is 4.79 Å². The van der Waals surface area contributed by atoms with Crippen LogP contribution in [0.4, 0.5) is 0 Å². The minimum atomic E-state index is -0.830. The third-order valence-electron chi connectivity index (χ3n) is 4.02. The maximum atomic E-state index is 11.2. The van der Waals surface area contributed by atoms with Crippen LogP contribution < -0.4 is 0 Å². The Kier molecular flexibility index (Phi) is 3.68. The fraction of sp³-hybridized carbons (Fsp3) is 0.769. The zero-order valence-corrected chi connectivity index (χ0v) is 11.3. The summed E-state index contributed by atoms with van der Waals surface area (Å²) in [6.45, 7) is 5.78. The third kappa shape index (κ3) is 2.40. The topological polar surface area (TPSA) is 68.0 Å². The van der Waals surface area contributed by atoms with Crippen molar-refractivity contribution in [2.75, 3.05) is 0 Å². The molecule has 5 nitrogen and oxygen atoms in total. The smallest absolute Gasteiger partial charge is 0.326 e. The van der Waals surface area contributed by atoms with Crippen LogP contribution in [0.5, 0.6) is 0 Å². The fourth-order valence-corrected chi connectivity index (χ4v) is 2.77. The Morgan fingerprint density at radius 1 is 1.33 bits per heavy atom. The van der Waals surface area contributed by atoms with E-state index in [9.17, 15) is 4.79 Å². The van der Waals surface area contributed by atoms with Crippen molar-refractivity contribution in [3.05, 3.63) is 11.6 Å². The van der Waals surface area contributed by atoms with E-state index in [1.807, 2.05) is 6.92 Å². The number of hydrogen-bond donors (Lipinski definition) is 1. The van der Waals surface area contributed by atoms with Crippen LogP contribution in [0.2, 0.25) is 0 Å². The molecule has 0 amide bonds. The van der Waals surface area contributed by atoms with Gasteiger partial charge in [-0.05, 0) is 32.6 Å². The summed E-state index contributed by atoms with van der Waals surface area (Å²) in [6, 6.07) is -0.589. The molecule has 0 aromatic carbocycles. The summed E-state index contributed by atoms with van der Waals surface area (Å²) in [5, 5.41) is 17.4. The standard InChI is InChI=1S/C13H21N3O2/c1-8-4-6-11(7-5-8)12-15-14-10(3)16(12)9(2)13(17)18/h8-9,11H,4-7H2,1-3H3,(H,17,18). The number of carboxylic acid groups (broad SMARTS) is 1. The molecule has 18 heavy (non-hydrogen) atoms. The van der Waals surface area contributed by atoms with E-state index in [1.165, 1.54) is 12.8 Å². The van der Waals surface area contributed by atoms with Crippen molar-refractivity contribution in [2.24, 2.45) is 5.92 Å². The number of aliphatic carboxylic acids is 1. The van der Waals surface area contributed by atoms with E-state index in [2.05, 4.69) is 17.1 Å². The molecule has 1 N–H and O–H groups in total. The second-order valence-corrected chi connectivity index (χ2v) is 5.45. The van der Waals surface area contributed by atoms with Gasteiger partial charge in [-0.3, -0.25) is 0 Å². The van der Waals surface area contributed by atoms with E-state index in [1.54, 1.807) is 11.5 Å². The number of carbonyl (C=O) groups is 1. The average Bonchev–Trinajstić information content (AvgIpc) is 2.71. The monoisotopic (exact) mass is 251 g/mol. The molecular weight excluding hydrogens is 230 g/mol. The van der Waals surface area contributed by atoms with Crippen molar-refractivity contribution in [1.29, 1.82) is 0 Å². The first-order valence-electron chi connectivity index (χ1n) is 6.65. The van der Waals surface area contributed by atoms with Crippen molar-refractivity contribution in [3.8, 4) is 0 Å². The number of nitrogens with zero attached hydrogens (tertiary/aromatic N) is 3. The van der Waals surface area contributed by atoms with Gasteiger partial charge in [0, 0.05) is 5.92 Å². The van der Waals surface area contributed by atoms with Crippen molar-refractivity contribution in [2.45, 2.75) is 58.4 Å². The summed E-state index contributed by atoms with van der Waals surface area (Å²) >= 11 is 0. The highest BCUT2D eigenvalue weighted by Crippen LogP contribution is 2.35. The van der Waals surface area contributed by atoms with Crippen LogP contribution >= 0.6 is 0 Å². The Labute approximate surface area is 107 Å². The van der Waals surface area contributed by atoms with Gasteiger partial charge in [0.05, 0.1) is 0 Å². The second-order valence-electron chi connectivity index (χ2n) is 5.45. The molecule has 1 aliphatic rings. The summed E-state index contributed by atoms with van der Waals surface area (Å²) in [7, 11) is 0. The van der Waals surface area contributed by atoms with E-state index in [0.29, 0.717) is 11.7 Å². The van der Waals surface area contributed by atoms with Crippen molar-refractivity contribution in [1.82, 2.24) is 14.8 Å². The van der Waals surface area contributed by atoms with Crippen molar-refractivity contribution >= 4 is 5.97 Å². The minimum Gasteiger partial charge on any atom is -0.480 e. The lowest BCUT2D eigenvalue weighted by atomic mass is 9.82. The van der Waals surface area contributed by atoms with Crippen LogP contribution in [-0.4, -0.2) is 25.8 Å². The molecule has 0 bridgehead atoms. The van der Waals surface area contributed by atoms with E-state index < -0.39 is 12.0 Å². The van der Waals surface area contributed by atoms with Crippen molar-refractivity contribution < 1.29 is 9.90 Å². The SMILES string of the molecule is Cc1nnc(C2CCC(C)CC2)n1C(C)C(=O)O. The molecule has 1 heterocycles. The Balaban J connectivity index is 2.26. The second kappa shape index (κ2) is 5.08. The van der Waals surface area contributed by atoms with Gasteiger partial charge in [0.25, 0.3) is 0 Å². The zero-order valence-electron chi connectivity index (χ0n) is 11.3. The molecule has 0 spiro atoms. The van der Waals surface area contributed by atoms with Crippen LogP contribution in [0.3, 0.4) is 0 Å². The molecule has 1 unspecified atom stereocenters. The number of aryl methyl sites for hydroxylation is 1. The summed E-state index contributed by atoms with van der Waals surface area (Å²) in [5.74, 6) is 1.86. The predicted molar refractivity (Wildman–Crippen MR) is 67.5 cm³/mol. The Morgan fingerprint density at radius 3 is 2.50 bits per heavy atom. The molecule has 1 aromatic heterocycles. The van der Waals surface area contributed by atoms with Crippen LogP contribution in [0.15, 0.2) is 0 Å². The largest absolute Gasteiger partial charge is 0.480 e. The van der Waals surface area contributed by atoms with Gasteiger partial charge in [0.1, 0.15) is 17.7 Å². The molecule has 0 aliphatic heterocycles. The quantitative estimate of drug-likeness (QED) is 0.896. The van der Waals surface area contributed by atoms with E-state index in [-0.39, 0.29) is 0 Å². The summed E-state index contributed by atoms with van der Waals surface area (Å²) in [6.07, 6.45) is 4.56. The van der Waals surface area contributed by atoms with E-state index in [0.717, 1.165) is 24.6 Å². The van der Waals surface area contributed by atoms with E-state index in [4.69, 9.17) is 5.11 Å². The first-order chi connectivity index (χ1) is 8.50. The molecule has 5 heteroatoms. The Hall–Kier alpha value is -1.39. The lowest BCUT2D eigenvalue weighted by Gasteiger charge is -2.26. The molecule has 2 rings (SSSR count). The fourth-order valence-electron chi connectivity index (χ4n) is 2.77. The summed E-state index contributed by atoms with van der Waals surface area (Å²) in [5.41, 5.74) is 0. The number of rotatable bonds is 3. The number of aromatic nitrogens is 3. The lowest BCUT2D eigenvalue weighted by molar-refractivity contribution is -0.140. The van der Waals surface area contributed by atoms with Crippen LogP contribution in [0, 0.1) is 12.8 Å². The average molecular weight is 251 g/mol. The summed E-state index contributed by atoms with van der Waals surface area (Å²) < 4.78 is 1.78. The highest BCUT2D eigenvalue weighted by molar-refractivity contribution is 5.71. The number of hydrogen-bond acceptors (Lipinski definition) is 3.